The van der Waals surface area contributed by atoms with E-state index in [0.29, 0.717) is 19.0 Å². The number of rotatable bonds is 2. The molecule has 0 radical (unpaired) electrons. The molecule has 0 aromatic rings. The highest BCUT2D eigenvalue weighted by Gasteiger charge is 2.38. The quantitative estimate of drug-likeness (QED) is 0.611. The molecule has 86 valence electrons. The first-order valence-electron chi connectivity index (χ1n) is 5.95. The van der Waals surface area contributed by atoms with Crippen LogP contribution in [0.25, 0.3) is 0 Å². The molecule has 4 heteroatoms. The zero-order valence-corrected chi connectivity index (χ0v) is 9.09. The van der Waals surface area contributed by atoms with Gasteiger partial charge in [0.2, 0.25) is 0 Å². The Labute approximate surface area is 90.4 Å². The Kier molecular flexibility index (Phi) is 3.26. The van der Waals surface area contributed by atoms with Crippen molar-refractivity contribution in [3.8, 4) is 0 Å². The summed E-state index contributed by atoms with van der Waals surface area (Å²) in [5, 5.41) is 16.2. The monoisotopic (exact) mass is 212 g/mol. The minimum Gasteiger partial charge on any atom is -0.379 e. The maximum Gasteiger partial charge on any atom is 0.253 e. The molecule has 1 amide bonds. The molecule has 0 spiro atoms. The summed E-state index contributed by atoms with van der Waals surface area (Å²) in [6, 6.07) is 0.295. The Morgan fingerprint density at radius 1 is 1.33 bits per heavy atom. The van der Waals surface area contributed by atoms with Gasteiger partial charge in [-0.25, -0.2) is 0 Å². The van der Waals surface area contributed by atoms with E-state index in [2.05, 4.69) is 10.6 Å². The summed E-state index contributed by atoms with van der Waals surface area (Å²) in [5.74, 6) is -0.179. The molecule has 4 nitrogen and oxygen atoms in total. The van der Waals surface area contributed by atoms with Crippen LogP contribution in [0.1, 0.15) is 38.5 Å². The predicted octanol–water partition coefficient (Wildman–Crippen LogP) is 0.160. The molecule has 1 heterocycles. The number of hydrogen-bond donors (Lipinski definition) is 3. The van der Waals surface area contributed by atoms with E-state index in [4.69, 9.17) is 0 Å². The van der Waals surface area contributed by atoms with E-state index in [9.17, 15) is 9.90 Å². The largest absolute Gasteiger partial charge is 0.379 e. The van der Waals surface area contributed by atoms with Crippen LogP contribution in [0.15, 0.2) is 0 Å². The van der Waals surface area contributed by atoms with Gasteiger partial charge in [0, 0.05) is 12.6 Å². The van der Waals surface area contributed by atoms with Crippen LogP contribution in [0.4, 0.5) is 0 Å². The molecule has 15 heavy (non-hydrogen) atoms. The van der Waals surface area contributed by atoms with Crippen molar-refractivity contribution in [3.05, 3.63) is 0 Å². The van der Waals surface area contributed by atoms with Crippen molar-refractivity contribution in [1.29, 1.82) is 0 Å². The van der Waals surface area contributed by atoms with Crippen molar-refractivity contribution in [3.63, 3.8) is 0 Å². The molecular weight excluding hydrogens is 192 g/mol. The van der Waals surface area contributed by atoms with E-state index in [1.807, 2.05) is 0 Å². The lowest BCUT2D eigenvalue weighted by atomic mass is 9.93. The van der Waals surface area contributed by atoms with Gasteiger partial charge in [-0.15, -0.1) is 0 Å². The van der Waals surface area contributed by atoms with Gasteiger partial charge < -0.3 is 15.7 Å². The Bertz CT molecular complexity index is 231. The first-order valence-corrected chi connectivity index (χ1v) is 5.95. The van der Waals surface area contributed by atoms with Crippen molar-refractivity contribution in [2.45, 2.75) is 50.2 Å². The van der Waals surface area contributed by atoms with E-state index in [0.717, 1.165) is 25.8 Å². The smallest absolute Gasteiger partial charge is 0.253 e. The van der Waals surface area contributed by atoms with Crippen molar-refractivity contribution in [2.75, 3.05) is 13.1 Å². The Morgan fingerprint density at radius 2 is 2.07 bits per heavy atom. The summed E-state index contributed by atoms with van der Waals surface area (Å²) < 4.78 is 0. The molecule has 0 aromatic heterocycles. The van der Waals surface area contributed by atoms with Gasteiger partial charge in [0.05, 0.1) is 0 Å². The molecule has 3 N–H and O–H groups in total. The zero-order valence-electron chi connectivity index (χ0n) is 9.09. The van der Waals surface area contributed by atoms with Crippen LogP contribution >= 0.6 is 0 Å². The molecule has 1 saturated heterocycles. The number of amides is 1. The Balaban J connectivity index is 1.87. The lowest BCUT2D eigenvalue weighted by Crippen LogP contribution is -2.57. The molecule has 1 aliphatic heterocycles. The van der Waals surface area contributed by atoms with Gasteiger partial charge in [-0.05, 0) is 32.2 Å². The van der Waals surface area contributed by atoms with Crippen molar-refractivity contribution >= 4 is 5.91 Å². The van der Waals surface area contributed by atoms with Gasteiger partial charge in [0.25, 0.3) is 5.91 Å². The van der Waals surface area contributed by atoms with Gasteiger partial charge in [0.15, 0.2) is 5.60 Å². The average molecular weight is 212 g/mol. The maximum absolute atomic E-state index is 11.9. The average Bonchev–Trinajstić information content (AvgIpc) is 2.71. The number of β-amino-alcohol motifs (C(OH)–C–C–N with tert-alkyl or cyclic N) is 1. The number of piperidine rings is 1. The van der Waals surface area contributed by atoms with Crippen LogP contribution in [0.3, 0.4) is 0 Å². The minimum atomic E-state index is -1.17. The highest BCUT2D eigenvalue weighted by molar-refractivity contribution is 5.85. The summed E-state index contributed by atoms with van der Waals surface area (Å²) in [6.45, 7) is 1.30. The number of nitrogens with one attached hydrogen (secondary N) is 2. The Hall–Kier alpha value is -0.610. The molecule has 1 saturated carbocycles. The van der Waals surface area contributed by atoms with Crippen LogP contribution in [0.2, 0.25) is 0 Å². The molecule has 0 aromatic carbocycles. The summed E-state index contributed by atoms with van der Waals surface area (Å²) >= 11 is 0. The third-order valence-corrected chi connectivity index (χ3v) is 3.47. The first-order chi connectivity index (χ1) is 7.21. The molecule has 0 bridgehead atoms. The lowest BCUT2D eigenvalue weighted by Gasteiger charge is -2.32. The van der Waals surface area contributed by atoms with E-state index < -0.39 is 5.60 Å². The summed E-state index contributed by atoms with van der Waals surface area (Å²) in [6.07, 6.45) is 5.97. The van der Waals surface area contributed by atoms with Crippen LogP contribution in [-0.4, -0.2) is 35.7 Å². The Morgan fingerprint density at radius 3 is 2.67 bits per heavy atom. The summed E-state index contributed by atoms with van der Waals surface area (Å²) in [5.41, 5.74) is -1.17. The topological polar surface area (TPSA) is 61.4 Å². The van der Waals surface area contributed by atoms with Crippen LogP contribution in [-0.2, 0) is 4.79 Å². The summed E-state index contributed by atoms with van der Waals surface area (Å²) in [4.78, 5) is 11.9. The molecule has 2 fully saturated rings. The lowest BCUT2D eigenvalue weighted by molar-refractivity contribution is -0.142. The highest BCUT2D eigenvalue weighted by Crippen LogP contribution is 2.21. The van der Waals surface area contributed by atoms with Crippen molar-refractivity contribution < 1.29 is 9.90 Å². The van der Waals surface area contributed by atoms with Gasteiger partial charge in [-0.1, -0.05) is 12.8 Å². The summed E-state index contributed by atoms with van der Waals surface area (Å²) in [7, 11) is 0. The zero-order chi connectivity index (χ0) is 10.7. The van der Waals surface area contributed by atoms with Crippen LogP contribution in [0, 0.1) is 0 Å². The molecule has 1 unspecified atom stereocenters. The minimum absolute atomic E-state index is 0.179. The van der Waals surface area contributed by atoms with Gasteiger partial charge in [-0.2, -0.15) is 0 Å². The number of aliphatic hydroxyl groups is 1. The fourth-order valence-electron chi connectivity index (χ4n) is 2.47. The van der Waals surface area contributed by atoms with E-state index in [1.165, 1.54) is 12.8 Å². The van der Waals surface area contributed by atoms with Crippen molar-refractivity contribution in [2.24, 2.45) is 0 Å². The molecule has 1 aliphatic carbocycles. The van der Waals surface area contributed by atoms with Gasteiger partial charge in [0.1, 0.15) is 0 Å². The first kappa shape index (κ1) is 10.9. The molecular formula is C11H20N2O2. The third kappa shape index (κ3) is 2.49. The standard InChI is InChI=1S/C11H20N2O2/c14-10(13-9-4-1-2-5-9)11(15)6-3-7-12-8-11/h9,12,15H,1-8H2,(H,13,14). The molecule has 2 rings (SSSR count). The SMILES string of the molecule is O=C(NC1CCCC1)C1(O)CCCNC1. The maximum atomic E-state index is 11.9. The fraction of sp³-hybridized carbons (Fsp3) is 0.909. The van der Waals surface area contributed by atoms with Gasteiger partial charge >= 0.3 is 0 Å². The van der Waals surface area contributed by atoms with E-state index in [-0.39, 0.29) is 5.91 Å². The van der Waals surface area contributed by atoms with Gasteiger partial charge in [-0.3, -0.25) is 4.79 Å². The molecule has 2 aliphatic rings. The van der Waals surface area contributed by atoms with Crippen LogP contribution in [0.5, 0.6) is 0 Å². The highest BCUT2D eigenvalue weighted by atomic mass is 16.3. The second-order valence-electron chi connectivity index (χ2n) is 4.77. The van der Waals surface area contributed by atoms with Crippen LogP contribution < -0.4 is 10.6 Å². The second-order valence-corrected chi connectivity index (χ2v) is 4.77. The third-order valence-electron chi connectivity index (χ3n) is 3.47. The fourth-order valence-corrected chi connectivity index (χ4v) is 2.47. The number of carbonyl (C=O) groups excluding carboxylic acids is 1. The normalized spacial score (nSPS) is 32.9. The predicted molar refractivity (Wildman–Crippen MR) is 57.5 cm³/mol. The second kappa shape index (κ2) is 4.49. The number of hydrogen-bond acceptors (Lipinski definition) is 3. The molecule has 1 atom stereocenters. The van der Waals surface area contributed by atoms with E-state index in [1.54, 1.807) is 0 Å². The number of carbonyl (C=O) groups is 1. The van der Waals surface area contributed by atoms with Crippen molar-refractivity contribution in [1.82, 2.24) is 10.6 Å². The van der Waals surface area contributed by atoms with E-state index >= 15 is 0 Å².